The summed E-state index contributed by atoms with van der Waals surface area (Å²) in [7, 11) is -4.21. The van der Waals surface area contributed by atoms with Gasteiger partial charge >= 0.3 is 16.3 Å². The van der Waals surface area contributed by atoms with Crippen LogP contribution in [0.3, 0.4) is 0 Å². The van der Waals surface area contributed by atoms with E-state index in [1.54, 1.807) is 18.2 Å². The third-order valence-corrected chi connectivity index (χ3v) is 3.76. The Hall–Kier alpha value is -2.58. The van der Waals surface area contributed by atoms with Crippen LogP contribution in [0.5, 0.6) is 5.75 Å². The highest BCUT2D eigenvalue weighted by Gasteiger charge is 2.20. The molecule has 2 amide bonds. The molecule has 23 heavy (non-hydrogen) atoms. The van der Waals surface area contributed by atoms with Crippen molar-refractivity contribution in [1.82, 2.24) is 9.84 Å². The molecule has 0 spiro atoms. The number of rotatable bonds is 7. The highest BCUT2D eigenvalue weighted by molar-refractivity contribution is 7.85. The van der Waals surface area contributed by atoms with Crippen LogP contribution >= 0.6 is 0 Å². The Labute approximate surface area is 134 Å². The summed E-state index contributed by atoms with van der Waals surface area (Å²) in [5, 5.41) is 0.797. The minimum absolute atomic E-state index is 0.0801. The normalized spacial score (nSPS) is 11.0. The molecule has 2 rings (SSSR count). The molecule has 0 saturated carbocycles. The fourth-order valence-corrected chi connectivity index (χ4v) is 2.70. The van der Waals surface area contributed by atoms with Crippen LogP contribution in [0, 0.1) is 0 Å². The molecule has 8 heteroatoms. The zero-order valence-corrected chi connectivity index (χ0v) is 13.1. The van der Waals surface area contributed by atoms with E-state index in [2.05, 4.69) is 0 Å². The molecule has 2 aromatic carbocycles. The Morgan fingerprint density at radius 3 is 2.17 bits per heavy atom. The lowest BCUT2D eigenvalue weighted by molar-refractivity contribution is 0.196. The number of hydrazine groups is 1. The molecule has 0 aliphatic heterocycles. The van der Waals surface area contributed by atoms with Crippen molar-refractivity contribution in [2.75, 3.05) is 6.54 Å². The largest absolute Gasteiger partial charge is 0.400 e. The van der Waals surface area contributed by atoms with Crippen molar-refractivity contribution in [3.05, 3.63) is 66.2 Å². The number of nitrogens with two attached hydrogens (primary N) is 1. The van der Waals surface area contributed by atoms with E-state index in [9.17, 15) is 13.2 Å². The topological polar surface area (TPSA) is 102 Å². The predicted molar refractivity (Wildman–Crippen MR) is 85.6 cm³/mol. The summed E-state index contributed by atoms with van der Waals surface area (Å²) in [4.78, 5) is 13.4. The number of para-hydroxylation sites is 1. The van der Waals surface area contributed by atoms with Crippen LogP contribution < -0.4 is 14.7 Å². The van der Waals surface area contributed by atoms with Crippen LogP contribution in [0.4, 0.5) is 4.79 Å². The van der Waals surface area contributed by atoms with Gasteiger partial charge in [0.25, 0.3) is 0 Å². The molecule has 0 fully saturated rings. The van der Waals surface area contributed by atoms with E-state index in [0.717, 1.165) is 10.6 Å². The van der Waals surface area contributed by atoms with E-state index >= 15 is 0 Å². The molecule has 0 heterocycles. The zero-order valence-electron chi connectivity index (χ0n) is 12.3. The smallest absolute Gasteiger partial charge is 0.370 e. The van der Waals surface area contributed by atoms with Crippen LogP contribution in [0.1, 0.15) is 5.56 Å². The molecular weight excluding hydrogens is 318 g/mol. The average Bonchev–Trinajstić information content (AvgIpc) is 2.52. The van der Waals surface area contributed by atoms with E-state index in [1.807, 2.05) is 35.2 Å². The van der Waals surface area contributed by atoms with Gasteiger partial charge in [0.2, 0.25) is 0 Å². The van der Waals surface area contributed by atoms with Crippen molar-refractivity contribution < 1.29 is 17.4 Å². The van der Waals surface area contributed by atoms with Crippen molar-refractivity contribution >= 4 is 16.3 Å². The quantitative estimate of drug-likeness (QED) is 0.747. The molecule has 0 aromatic heterocycles. The molecule has 2 aromatic rings. The number of benzene rings is 2. The Kier molecular flexibility index (Phi) is 5.56. The van der Waals surface area contributed by atoms with Gasteiger partial charge in [0.05, 0.1) is 0 Å². The van der Waals surface area contributed by atoms with Crippen molar-refractivity contribution in [1.29, 1.82) is 0 Å². The summed E-state index contributed by atoms with van der Waals surface area (Å²) >= 11 is 0. The fourth-order valence-electron chi connectivity index (χ4n) is 1.84. The summed E-state index contributed by atoms with van der Waals surface area (Å²) in [6.07, 6.45) is 0.442. The lowest BCUT2D eigenvalue weighted by Crippen LogP contribution is -2.50. The number of nitrogens with one attached hydrogen (secondary N) is 1. The molecule has 0 bridgehead atoms. The number of primary amides is 1. The van der Waals surface area contributed by atoms with Gasteiger partial charge in [-0.25, -0.2) is 9.80 Å². The summed E-state index contributed by atoms with van der Waals surface area (Å²) in [6.45, 7) is 0.0801. The summed E-state index contributed by atoms with van der Waals surface area (Å²) < 4.78 is 28.7. The van der Waals surface area contributed by atoms with Gasteiger partial charge in [0, 0.05) is 6.54 Å². The van der Waals surface area contributed by atoms with Gasteiger partial charge in [-0.2, -0.15) is 8.42 Å². The summed E-state index contributed by atoms with van der Waals surface area (Å²) in [6, 6.07) is 16.4. The number of urea groups is 1. The molecule has 122 valence electrons. The maximum atomic E-state index is 11.9. The van der Waals surface area contributed by atoms with Gasteiger partial charge in [-0.15, -0.1) is 0 Å². The number of carbonyl (C=O) groups excluding carboxylic acids is 1. The van der Waals surface area contributed by atoms with Crippen LogP contribution in [-0.4, -0.2) is 26.0 Å². The Bertz CT molecular complexity index is 736. The van der Waals surface area contributed by atoms with Crippen LogP contribution in [-0.2, 0) is 16.7 Å². The second kappa shape index (κ2) is 7.61. The Morgan fingerprint density at radius 1 is 1.04 bits per heavy atom. The van der Waals surface area contributed by atoms with Crippen molar-refractivity contribution in [3.63, 3.8) is 0 Å². The standard InChI is InChI=1S/C15H17N3O4S/c16-15(19)18(12-11-13-7-3-1-4-8-13)17-23(20,21)22-14-9-5-2-6-10-14/h1-10,17H,11-12H2,(H2,16,19). The predicted octanol–water partition coefficient (Wildman–Crippen LogP) is 1.44. The number of amides is 2. The molecule has 7 nitrogen and oxygen atoms in total. The second-order valence-electron chi connectivity index (χ2n) is 4.67. The van der Waals surface area contributed by atoms with Gasteiger partial charge in [-0.05, 0) is 24.1 Å². The first kappa shape index (κ1) is 16.8. The summed E-state index contributed by atoms with van der Waals surface area (Å²) in [5.74, 6) is 0.132. The first-order chi connectivity index (χ1) is 11.0. The first-order valence-corrected chi connectivity index (χ1v) is 8.25. The monoisotopic (exact) mass is 335 g/mol. The fraction of sp³-hybridized carbons (Fsp3) is 0.133. The van der Waals surface area contributed by atoms with Crippen molar-refractivity contribution in [2.45, 2.75) is 6.42 Å². The molecule has 0 aliphatic rings. The van der Waals surface area contributed by atoms with Gasteiger partial charge in [0.15, 0.2) is 0 Å². The minimum atomic E-state index is -4.21. The van der Waals surface area contributed by atoms with E-state index in [1.165, 1.54) is 12.1 Å². The Morgan fingerprint density at radius 2 is 1.61 bits per heavy atom. The second-order valence-corrected chi connectivity index (χ2v) is 5.92. The van der Waals surface area contributed by atoms with E-state index in [4.69, 9.17) is 9.92 Å². The Balaban J connectivity index is 1.99. The lowest BCUT2D eigenvalue weighted by atomic mass is 10.1. The van der Waals surface area contributed by atoms with Gasteiger partial charge < -0.3 is 9.92 Å². The van der Waals surface area contributed by atoms with E-state index in [0.29, 0.717) is 6.42 Å². The van der Waals surface area contributed by atoms with E-state index < -0.39 is 16.3 Å². The number of hydrogen-bond donors (Lipinski definition) is 2. The van der Waals surface area contributed by atoms with Gasteiger partial charge in [0.1, 0.15) is 5.75 Å². The zero-order chi connectivity index (χ0) is 16.7. The van der Waals surface area contributed by atoms with Crippen molar-refractivity contribution in [3.8, 4) is 5.75 Å². The number of carbonyl (C=O) groups is 1. The van der Waals surface area contributed by atoms with E-state index in [-0.39, 0.29) is 12.3 Å². The number of nitrogens with zero attached hydrogens (tertiary/aromatic N) is 1. The molecule has 0 atom stereocenters. The lowest BCUT2D eigenvalue weighted by Gasteiger charge is -2.20. The third-order valence-electron chi connectivity index (χ3n) is 2.90. The highest BCUT2D eigenvalue weighted by Crippen LogP contribution is 2.11. The van der Waals surface area contributed by atoms with Crippen LogP contribution in [0.25, 0.3) is 0 Å². The van der Waals surface area contributed by atoms with Crippen LogP contribution in [0.15, 0.2) is 60.7 Å². The maximum absolute atomic E-state index is 11.9. The van der Waals surface area contributed by atoms with Gasteiger partial charge in [-0.1, -0.05) is 53.4 Å². The minimum Gasteiger partial charge on any atom is -0.370 e. The van der Waals surface area contributed by atoms with Crippen molar-refractivity contribution in [2.24, 2.45) is 5.73 Å². The molecular formula is C15H17N3O4S. The molecule has 3 N–H and O–H groups in total. The highest BCUT2D eigenvalue weighted by atomic mass is 32.2. The molecule has 0 aliphatic carbocycles. The maximum Gasteiger partial charge on any atom is 0.400 e. The average molecular weight is 335 g/mol. The molecule has 0 radical (unpaired) electrons. The van der Waals surface area contributed by atoms with Crippen LogP contribution in [0.2, 0.25) is 0 Å². The molecule has 0 unspecified atom stereocenters. The number of hydrogen-bond acceptors (Lipinski definition) is 4. The summed E-state index contributed by atoms with van der Waals surface area (Å²) in [5.41, 5.74) is 6.15. The third kappa shape index (κ3) is 5.61. The SMILES string of the molecule is NC(=O)N(CCc1ccccc1)NS(=O)(=O)Oc1ccccc1. The molecule has 0 saturated heterocycles. The van der Waals surface area contributed by atoms with Gasteiger partial charge in [-0.3, -0.25) is 0 Å². The first-order valence-electron chi connectivity index (χ1n) is 6.84.